The maximum Gasteiger partial charge on any atom is 0.339 e. The number of carbonyl (C=O) groups excluding carboxylic acids is 1. The third kappa shape index (κ3) is 13.8. The van der Waals surface area contributed by atoms with Gasteiger partial charge in [-0.25, -0.2) is 4.79 Å². The number of hydrogen-bond acceptors (Lipinski definition) is 4. The molecule has 4 heteroatoms. The molecule has 0 saturated heterocycles. The molecule has 0 aromatic heterocycles. The fourth-order valence-electron chi connectivity index (χ4n) is 3.46. The molecule has 0 atom stereocenters. The Labute approximate surface area is 190 Å². The van der Waals surface area contributed by atoms with Gasteiger partial charge in [-0.1, -0.05) is 78.6 Å². The highest BCUT2D eigenvalue weighted by molar-refractivity contribution is 5.90. The predicted molar refractivity (Wildman–Crippen MR) is 130 cm³/mol. The molecule has 4 nitrogen and oxygen atoms in total. The molecule has 0 spiro atoms. The Balaban J connectivity index is 2.02. The summed E-state index contributed by atoms with van der Waals surface area (Å²) in [7, 11) is 0. The van der Waals surface area contributed by atoms with Gasteiger partial charge in [0, 0.05) is 12.2 Å². The van der Waals surface area contributed by atoms with Crippen LogP contribution in [0.2, 0.25) is 0 Å². The molecule has 0 heterocycles. The van der Waals surface area contributed by atoms with Gasteiger partial charge in [-0.05, 0) is 56.4 Å². The quantitative estimate of drug-likeness (QED) is 0.228. The van der Waals surface area contributed by atoms with Crippen LogP contribution in [0.25, 0.3) is 0 Å². The number of carbonyl (C=O) groups is 1. The van der Waals surface area contributed by atoms with Crippen LogP contribution in [0.15, 0.2) is 24.3 Å². The summed E-state index contributed by atoms with van der Waals surface area (Å²) in [6.45, 7) is 11.1. The number of ether oxygens (including phenoxy) is 1. The third-order valence-corrected chi connectivity index (χ3v) is 5.42. The van der Waals surface area contributed by atoms with E-state index in [0.717, 1.165) is 18.7 Å². The average Bonchev–Trinajstić information content (AvgIpc) is 2.70. The van der Waals surface area contributed by atoms with Crippen molar-refractivity contribution in [2.45, 2.75) is 111 Å². The second kappa shape index (κ2) is 14.1. The summed E-state index contributed by atoms with van der Waals surface area (Å²) in [4.78, 5) is 12.0. The Morgan fingerprint density at radius 2 is 1.32 bits per heavy atom. The zero-order valence-electron chi connectivity index (χ0n) is 20.6. The first-order chi connectivity index (χ1) is 14.6. The van der Waals surface area contributed by atoms with Gasteiger partial charge in [-0.15, -0.1) is 0 Å². The van der Waals surface area contributed by atoms with Gasteiger partial charge in [0.1, 0.15) is 6.07 Å². The van der Waals surface area contributed by atoms with Gasteiger partial charge in [0.25, 0.3) is 0 Å². The largest absolute Gasteiger partial charge is 0.441 e. The lowest BCUT2D eigenvalue weighted by atomic mass is 9.89. The first-order valence-electron chi connectivity index (χ1n) is 12.1. The molecule has 1 aromatic carbocycles. The average molecular weight is 429 g/mol. The van der Waals surface area contributed by atoms with Crippen molar-refractivity contribution in [3.8, 4) is 6.07 Å². The van der Waals surface area contributed by atoms with Crippen molar-refractivity contribution >= 4 is 11.7 Å². The van der Waals surface area contributed by atoms with E-state index in [9.17, 15) is 4.79 Å². The number of rotatable bonds is 15. The summed E-state index contributed by atoms with van der Waals surface area (Å²) < 4.78 is 5.18. The molecule has 1 N–H and O–H groups in total. The fraction of sp³-hybridized carbons (Fsp3) is 0.704. The standard InChI is InChI=1S/C27H44N2O2/c1-26(2,3)20-14-12-10-8-6-7-9-11-13-15-21-29-24-18-16-23(17-19-24)25(30)31-27(4,5)22-28/h16-19,29H,6-15,20-21H2,1-5H3. The van der Waals surface area contributed by atoms with Crippen molar-refractivity contribution in [3.05, 3.63) is 29.8 Å². The number of nitrogens with one attached hydrogen (secondary N) is 1. The number of nitriles is 1. The molecule has 0 aliphatic rings. The Morgan fingerprint density at radius 3 is 1.81 bits per heavy atom. The Hall–Kier alpha value is -2.02. The Morgan fingerprint density at radius 1 is 0.839 bits per heavy atom. The molecule has 0 aliphatic carbocycles. The van der Waals surface area contributed by atoms with Crippen LogP contribution in [0.3, 0.4) is 0 Å². The summed E-state index contributed by atoms with van der Waals surface area (Å²) in [6.07, 6.45) is 14.7. The van der Waals surface area contributed by atoms with E-state index in [4.69, 9.17) is 10.00 Å². The third-order valence-electron chi connectivity index (χ3n) is 5.42. The zero-order valence-corrected chi connectivity index (χ0v) is 20.6. The number of anilines is 1. The molecule has 0 aliphatic heterocycles. The maximum absolute atomic E-state index is 12.0. The van der Waals surface area contributed by atoms with Crippen LogP contribution in [0.1, 0.15) is 116 Å². The molecule has 0 radical (unpaired) electrons. The summed E-state index contributed by atoms with van der Waals surface area (Å²) in [6, 6.07) is 9.22. The second-order valence-electron chi connectivity index (χ2n) is 10.4. The van der Waals surface area contributed by atoms with E-state index < -0.39 is 11.6 Å². The minimum Gasteiger partial charge on any atom is -0.441 e. The van der Waals surface area contributed by atoms with Crippen LogP contribution in [0.5, 0.6) is 0 Å². The molecule has 31 heavy (non-hydrogen) atoms. The van der Waals surface area contributed by atoms with Crippen LogP contribution in [-0.2, 0) is 4.74 Å². The maximum atomic E-state index is 12.0. The van der Waals surface area contributed by atoms with Crippen LogP contribution in [-0.4, -0.2) is 18.1 Å². The van der Waals surface area contributed by atoms with Crippen LogP contribution < -0.4 is 5.32 Å². The van der Waals surface area contributed by atoms with Crippen molar-refractivity contribution in [1.29, 1.82) is 5.26 Å². The van der Waals surface area contributed by atoms with Gasteiger partial charge in [0.15, 0.2) is 5.60 Å². The summed E-state index contributed by atoms with van der Waals surface area (Å²) in [5, 5.41) is 12.4. The van der Waals surface area contributed by atoms with Crippen LogP contribution >= 0.6 is 0 Å². The van der Waals surface area contributed by atoms with Crippen molar-refractivity contribution in [1.82, 2.24) is 0 Å². The second-order valence-corrected chi connectivity index (χ2v) is 10.4. The summed E-state index contributed by atoms with van der Waals surface area (Å²) in [5.41, 5.74) is 0.841. The van der Waals surface area contributed by atoms with Crippen LogP contribution in [0.4, 0.5) is 5.69 Å². The normalized spacial score (nSPS) is 11.7. The van der Waals surface area contributed by atoms with Crippen molar-refractivity contribution in [3.63, 3.8) is 0 Å². The van der Waals surface area contributed by atoms with E-state index in [1.54, 1.807) is 26.0 Å². The summed E-state index contributed by atoms with van der Waals surface area (Å²) >= 11 is 0. The van der Waals surface area contributed by atoms with Gasteiger partial charge in [-0.2, -0.15) is 5.26 Å². The molecular formula is C27H44N2O2. The molecule has 1 rings (SSSR count). The van der Waals surface area contributed by atoms with Gasteiger partial charge >= 0.3 is 5.97 Å². The number of nitrogens with zero attached hydrogens (tertiary/aromatic N) is 1. The lowest BCUT2D eigenvalue weighted by Crippen LogP contribution is -2.25. The first-order valence-corrected chi connectivity index (χ1v) is 12.1. The predicted octanol–water partition coefficient (Wildman–Crippen LogP) is 7.89. The summed E-state index contributed by atoms with van der Waals surface area (Å²) in [5.74, 6) is -0.469. The molecular weight excluding hydrogens is 384 g/mol. The van der Waals surface area contributed by atoms with E-state index in [-0.39, 0.29) is 0 Å². The van der Waals surface area contributed by atoms with Crippen molar-refractivity contribution < 1.29 is 9.53 Å². The number of hydrogen-bond donors (Lipinski definition) is 1. The highest BCUT2D eigenvalue weighted by Gasteiger charge is 2.22. The molecule has 0 fully saturated rings. The molecule has 1 aromatic rings. The van der Waals surface area contributed by atoms with Crippen LogP contribution in [0, 0.1) is 16.7 Å². The van der Waals surface area contributed by atoms with Gasteiger partial charge in [-0.3, -0.25) is 0 Å². The van der Waals surface area contributed by atoms with Crippen molar-refractivity contribution in [2.24, 2.45) is 5.41 Å². The lowest BCUT2D eigenvalue weighted by Gasteiger charge is -2.17. The zero-order chi connectivity index (χ0) is 23.2. The first kappa shape index (κ1) is 27.0. The Kier molecular flexibility index (Phi) is 12.3. The minimum atomic E-state index is -1.11. The van der Waals surface area contributed by atoms with Gasteiger partial charge in [0.2, 0.25) is 0 Å². The van der Waals surface area contributed by atoms with Gasteiger partial charge in [0.05, 0.1) is 5.56 Å². The van der Waals surface area contributed by atoms with E-state index in [1.807, 2.05) is 18.2 Å². The number of benzene rings is 1. The lowest BCUT2D eigenvalue weighted by molar-refractivity contribution is 0.0197. The smallest absolute Gasteiger partial charge is 0.339 e. The fourth-order valence-corrected chi connectivity index (χ4v) is 3.46. The molecule has 0 amide bonds. The number of unbranched alkanes of at least 4 members (excludes halogenated alkanes) is 9. The monoisotopic (exact) mass is 428 g/mol. The topological polar surface area (TPSA) is 62.1 Å². The highest BCUT2D eigenvalue weighted by atomic mass is 16.6. The van der Waals surface area contributed by atoms with E-state index in [0.29, 0.717) is 11.0 Å². The molecule has 0 saturated carbocycles. The van der Waals surface area contributed by atoms with E-state index in [2.05, 4.69) is 26.1 Å². The van der Waals surface area contributed by atoms with E-state index in [1.165, 1.54) is 64.2 Å². The SMILES string of the molecule is CC(C)(C)CCCCCCCCCCCCNc1ccc(C(=O)OC(C)(C)C#N)cc1. The van der Waals surface area contributed by atoms with E-state index >= 15 is 0 Å². The minimum absolute atomic E-state index is 0.461. The number of esters is 1. The molecule has 0 unspecified atom stereocenters. The molecule has 0 bridgehead atoms. The van der Waals surface area contributed by atoms with Gasteiger partial charge < -0.3 is 10.1 Å². The highest BCUT2D eigenvalue weighted by Crippen LogP contribution is 2.22. The Bertz CT molecular complexity index is 666. The molecule has 174 valence electrons. The van der Waals surface area contributed by atoms with Crippen molar-refractivity contribution in [2.75, 3.05) is 11.9 Å².